The topological polar surface area (TPSA) is 81.2 Å². The van der Waals surface area contributed by atoms with Gasteiger partial charge in [-0.2, -0.15) is 5.10 Å². The monoisotopic (exact) mass is 491 g/mol. The lowest BCUT2D eigenvalue weighted by atomic mass is 9.60. The average molecular weight is 492 g/mol. The van der Waals surface area contributed by atoms with Gasteiger partial charge in [-0.1, -0.05) is 61.0 Å². The molecular weight excluding hydrogens is 462 g/mol. The number of carbonyl (C=O) groups is 2. The van der Waals surface area contributed by atoms with Crippen LogP contribution in [-0.4, -0.2) is 28.6 Å². The van der Waals surface area contributed by atoms with Crippen LogP contribution < -0.4 is 5.32 Å². The average Bonchev–Trinajstić information content (AvgIpc) is 2.88. The standard InChI is InChI=1S/C28H30ClN3O3/c1-27(18-25(33)24-11-6-16-31-32-24)12-14-28(15-13-27,22-9-5-10-23(29)17-22)20-30-26(34)35-19-21-7-3-2-4-8-21/h2-11,16-17H,12-15,18-20H2,1H3,(H,30,34). The molecule has 0 aliphatic heterocycles. The molecule has 1 aliphatic rings. The van der Waals surface area contributed by atoms with E-state index in [-0.39, 0.29) is 23.2 Å². The van der Waals surface area contributed by atoms with Gasteiger partial charge in [0.15, 0.2) is 5.78 Å². The molecule has 182 valence electrons. The number of ketones is 1. The summed E-state index contributed by atoms with van der Waals surface area (Å²) in [6, 6.07) is 20.9. The van der Waals surface area contributed by atoms with E-state index in [1.54, 1.807) is 18.3 Å². The van der Waals surface area contributed by atoms with E-state index in [2.05, 4.69) is 28.5 Å². The van der Waals surface area contributed by atoms with Gasteiger partial charge in [0.05, 0.1) is 0 Å². The highest BCUT2D eigenvalue weighted by Crippen LogP contribution is 2.49. The highest BCUT2D eigenvalue weighted by atomic mass is 35.5. The number of aromatic nitrogens is 2. The Labute approximate surface area is 211 Å². The number of ether oxygens (including phenoxy) is 1. The number of halogens is 1. The second-order valence-electron chi connectivity index (χ2n) is 9.73. The van der Waals surface area contributed by atoms with Gasteiger partial charge in [0, 0.05) is 29.6 Å². The number of benzene rings is 2. The van der Waals surface area contributed by atoms with Gasteiger partial charge >= 0.3 is 6.09 Å². The van der Waals surface area contributed by atoms with Gasteiger partial charge in [-0.25, -0.2) is 4.79 Å². The van der Waals surface area contributed by atoms with Crippen LogP contribution in [0.3, 0.4) is 0 Å². The molecule has 1 N–H and O–H groups in total. The number of alkyl carbamates (subject to hydrolysis) is 1. The molecule has 7 heteroatoms. The van der Waals surface area contributed by atoms with Gasteiger partial charge in [-0.15, -0.1) is 5.10 Å². The molecule has 1 aromatic heterocycles. The Kier molecular flexibility index (Phi) is 7.81. The van der Waals surface area contributed by atoms with Crippen LogP contribution in [0.1, 0.15) is 60.6 Å². The maximum absolute atomic E-state index is 12.8. The minimum atomic E-state index is -0.443. The third-order valence-electron chi connectivity index (χ3n) is 7.08. The summed E-state index contributed by atoms with van der Waals surface area (Å²) in [5, 5.41) is 11.5. The number of nitrogens with one attached hydrogen (secondary N) is 1. The third kappa shape index (κ3) is 6.45. The van der Waals surface area contributed by atoms with Crippen LogP contribution in [0.2, 0.25) is 5.02 Å². The van der Waals surface area contributed by atoms with E-state index >= 15 is 0 Å². The first-order chi connectivity index (χ1) is 16.9. The fourth-order valence-electron chi connectivity index (χ4n) is 4.84. The van der Waals surface area contributed by atoms with E-state index < -0.39 is 6.09 Å². The second-order valence-corrected chi connectivity index (χ2v) is 10.2. The predicted molar refractivity (Wildman–Crippen MR) is 135 cm³/mol. The first kappa shape index (κ1) is 24.9. The molecule has 0 spiro atoms. The zero-order chi connectivity index (χ0) is 24.7. The summed E-state index contributed by atoms with van der Waals surface area (Å²) in [5.41, 5.74) is 2.00. The first-order valence-electron chi connectivity index (χ1n) is 11.9. The molecule has 0 bridgehead atoms. The zero-order valence-electron chi connectivity index (χ0n) is 19.9. The molecule has 0 unspecified atom stereocenters. The van der Waals surface area contributed by atoms with Crippen molar-refractivity contribution in [2.75, 3.05) is 6.54 Å². The highest BCUT2D eigenvalue weighted by Gasteiger charge is 2.43. The lowest BCUT2D eigenvalue weighted by molar-refractivity contribution is 0.0811. The highest BCUT2D eigenvalue weighted by molar-refractivity contribution is 6.30. The molecule has 3 aromatic rings. The summed E-state index contributed by atoms with van der Waals surface area (Å²) in [4.78, 5) is 25.3. The van der Waals surface area contributed by atoms with Crippen molar-refractivity contribution in [1.82, 2.24) is 15.5 Å². The van der Waals surface area contributed by atoms with Crippen LogP contribution in [0, 0.1) is 5.41 Å². The molecule has 35 heavy (non-hydrogen) atoms. The van der Waals surface area contributed by atoms with Crippen LogP contribution >= 0.6 is 11.6 Å². The minimum absolute atomic E-state index is 0.0125. The van der Waals surface area contributed by atoms with Gasteiger partial charge in [-0.05, 0) is 66.5 Å². The smallest absolute Gasteiger partial charge is 0.407 e. The number of amides is 1. The number of hydrogen-bond donors (Lipinski definition) is 1. The Morgan fingerprint density at radius 3 is 2.46 bits per heavy atom. The van der Waals surface area contributed by atoms with Crippen LogP contribution in [0.4, 0.5) is 4.79 Å². The summed E-state index contributed by atoms with van der Waals surface area (Å²) in [6.45, 7) is 2.82. The van der Waals surface area contributed by atoms with Crippen LogP contribution in [0.25, 0.3) is 0 Å². The van der Waals surface area contributed by atoms with E-state index in [9.17, 15) is 9.59 Å². The Bertz CT molecular complexity index is 1150. The van der Waals surface area contributed by atoms with E-state index in [0.29, 0.717) is 23.7 Å². The van der Waals surface area contributed by atoms with Crippen LogP contribution in [0.15, 0.2) is 72.9 Å². The van der Waals surface area contributed by atoms with Crippen molar-refractivity contribution < 1.29 is 14.3 Å². The molecule has 6 nitrogen and oxygen atoms in total. The first-order valence-corrected chi connectivity index (χ1v) is 12.3. The van der Waals surface area contributed by atoms with E-state index in [0.717, 1.165) is 36.8 Å². The Hall–Kier alpha value is -3.25. The van der Waals surface area contributed by atoms with Crippen molar-refractivity contribution in [1.29, 1.82) is 0 Å². The number of carbonyl (C=O) groups excluding carboxylic acids is 2. The van der Waals surface area contributed by atoms with Crippen molar-refractivity contribution >= 4 is 23.5 Å². The Morgan fingerprint density at radius 2 is 1.77 bits per heavy atom. The van der Waals surface area contributed by atoms with Gasteiger partial charge in [0.2, 0.25) is 0 Å². The molecule has 2 aromatic carbocycles. The molecule has 0 atom stereocenters. The second kappa shape index (κ2) is 11.0. The number of rotatable bonds is 8. The van der Waals surface area contributed by atoms with Gasteiger partial charge in [-0.3, -0.25) is 4.79 Å². The Morgan fingerprint density at radius 1 is 1.00 bits per heavy atom. The summed E-state index contributed by atoms with van der Waals surface area (Å²) >= 11 is 6.33. The van der Waals surface area contributed by atoms with Gasteiger partial charge < -0.3 is 10.1 Å². The molecule has 0 saturated heterocycles. The van der Waals surface area contributed by atoms with Crippen molar-refractivity contribution in [2.45, 2.75) is 51.0 Å². The molecule has 1 amide bonds. The lowest BCUT2D eigenvalue weighted by Crippen LogP contribution is -2.45. The van der Waals surface area contributed by atoms with Crippen LogP contribution in [0.5, 0.6) is 0 Å². The van der Waals surface area contributed by atoms with E-state index in [4.69, 9.17) is 16.3 Å². The third-order valence-corrected chi connectivity index (χ3v) is 7.32. The molecular formula is C28H30ClN3O3. The summed E-state index contributed by atoms with van der Waals surface area (Å²) in [6.07, 6.45) is 4.85. The van der Waals surface area contributed by atoms with Crippen LogP contribution in [-0.2, 0) is 16.8 Å². The van der Waals surface area contributed by atoms with Crippen molar-refractivity contribution in [2.24, 2.45) is 5.41 Å². The fraction of sp³-hybridized carbons (Fsp3) is 0.357. The van der Waals surface area contributed by atoms with E-state index in [1.165, 1.54) is 0 Å². The van der Waals surface area contributed by atoms with Crippen molar-refractivity contribution in [3.63, 3.8) is 0 Å². The summed E-state index contributed by atoms with van der Waals surface area (Å²) < 4.78 is 5.43. The normalized spacial score (nSPS) is 21.8. The van der Waals surface area contributed by atoms with Gasteiger partial charge in [0.25, 0.3) is 0 Å². The maximum atomic E-state index is 12.8. The summed E-state index contributed by atoms with van der Waals surface area (Å²) in [7, 11) is 0. The molecule has 1 saturated carbocycles. The minimum Gasteiger partial charge on any atom is -0.445 e. The van der Waals surface area contributed by atoms with E-state index in [1.807, 2.05) is 48.5 Å². The fourth-order valence-corrected chi connectivity index (χ4v) is 5.03. The predicted octanol–water partition coefficient (Wildman–Crippen LogP) is 6.15. The molecule has 0 radical (unpaired) electrons. The maximum Gasteiger partial charge on any atom is 0.407 e. The summed E-state index contributed by atoms with van der Waals surface area (Å²) in [5.74, 6) is 0.0125. The molecule has 1 fully saturated rings. The molecule has 4 rings (SSSR count). The molecule has 1 aliphatic carbocycles. The molecule has 1 heterocycles. The lowest BCUT2D eigenvalue weighted by Gasteiger charge is -2.45. The number of nitrogens with zero attached hydrogens (tertiary/aromatic N) is 2. The van der Waals surface area contributed by atoms with Crippen molar-refractivity contribution in [3.8, 4) is 0 Å². The number of Topliss-reactive ketones (excluding diaryl/α,β-unsaturated/α-hetero) is 1. The largest absolute Gasteiger partial charge is 0.445 e. The Balaban J connectivity index is 1.43. The zero-order valence-corrected chi connectivity index (χ0v) is 20.6. The SMILES string of the molecule is CC1(CC(=O)c2cccnn2)CCC(CNC(=O)OCc2ccccc2)(c2cccc(Cl)c2)CC1. The van der Waals surface area contributed by atoms with Crippen molar-refractivity contribution in [3.05, 3.63) is 94.8 Å². The quantitative estimate of drug-likeness (QED) is 0.382. The number of hydrogen-bond acceptors (Lipinski definition) is 5. The van der Waals surface area contributed by atoms with Gasteiger partial charge in [0.1, 0.15) is 12.3 Å².